The average Bonchev–Trinajstić information content (AvgIpc) is 3.36. The molecule has 0 saturated carbocycles. The molecule has 1 amide bonds. The number of hydrogen-bond acceptors (Lipinski definition) is 6. The van der Waals surface area contributed by atoms with Gasteiger partial charge in [-0.15, -0.1) is 0 Å². The standard InChI is InChI=1S/C19H25N5OS/c1-22(2)17-20-18(26-21-17)24-13-10-19(14-24)9-12-23(16(19)25)11-8-15-6-4-3-5-7-15/h3-7H,8-14H2,1-2H3. The van der Waals surface area contributed by atoms with Gasteiger partial charge in [0.05, 0.1) is 5.41 Å². The van der Waals surface area contributed by atoms with E-state index in [1.807, 2.05) is 25.1 Å². The molecule has 2 fully saturated rings. The van der Waals surface area contributed by atoms with Gasteiger partial charge in [0.25, 0.3) is 0 Å². The van der Waals surface area contributed by atoms with Crippen LogP contribution in [-0.2, 0) is 11.2 Å². The highest BCUT2D eigenvalue weighted by molar-refractivity contribution is 7.09. The van der Waals surface area contributed by atoms with Crippen molar-refractivity contribution in [1.29, 1.82) is 0 Å². The van der Waals surface area contributed by atoms with Crippen LogP contribution < -0.4 is 9.80 Å². The lowest BCUT2D eigenvalue weighted by Crippen LogP contribution is -2.37. The molecule has 2 aliphatic rings. The van der Waals surface area contributed by atoms with E-state index in [0.717, 1.165) is 56.5 Å². The van der Waals surface area contributed by atoms with Gasteiger partial charge in [-0.25, -0.2) is 0 Å². The number of likely N-dealkylation sites (tertiary alicyclic amines) is 1. The number of aromatic nitrogens is 2. The lowest BCUT2D eigenvalue weighted by molar-refractivity contribution is -0.135. The second kappa shape index (κ2) is 6.87. The van der Waals surface area contributed by atoms with Crippen molar-refractivity contribution in [2.24, 2.45) is 5.41 Å². The minimum atomic E-state index is -0.222. The molecule has 1 spiro atoms. The first-order valence-corrected chi connectivity index (χ1v) is 9.94. The van der Waals surface area contributed by atoms with Gasteiger partial charge in [0.15, 0.2) is 0 Å². The summed E-state index contributed by atoms with van der Waals surface area (Å²) in [5.41, 5.74) is 1.07. The molecule has 2 aromatic rings. The molecule has 6 nitrogen and oxygen atoms in total. The van der Waals surface area contributed by atoms with Crippen molar-refractivity contribution in [2.45, 2.75) is 19.3 Å². The highest BCUT2D eigenvalue weighted by Crippen LogP contribution is 2.42. The fraction of sp³-hybridized carbons (Fsp3) is 0.526. The van der Waals surface area contributed by atoms with Crippen LogP contribution in [0.2, 0.25) is 0 Å². The van der Waals surface area contributed by atoms with Gasteiger partial charge >= 0.3 is 0 Å². The summed E-state index contributed by atoms with van der Waals surface area (Å²) in [4.78, 5) is 23.9. The number of anilines is 2. The molecule has 0 bridgehead atoms. The second-order valence-electron chi connectivity index (χ2n) is 7.50. The van der Waals surface area contributed by atoms with Crippen LogP contribution in [-0.4, -0.2) is 60.4 Å². The van der Waals surface area contributed by atoms with Gasteiger partial charge in [0.2, 0.25) is 17.0 Å². The molecule has 0 aliphatic carbocycles. The van der Waals surface area contributed by atoms with E-state index < -0.39 is 0 Å². The number of carbonyl (C=O) groups is 1. The Morgan fingerprint density at radius 1 is 1.19 bits per heavy atom. The Morgan fingerprint density at radius 2 is 1.96 bits per heavy atom. The van der Waals surface area contributed by atoms with Gasteiger partial charge in [-0.3, -0.25) is 4.79 Å². The summed E-state index contributed by atoms with van der Waals surface area (Å²) in [7, 11) is 3.89. The summed E-state index contributed by atoms with van der Waals surface area (Å²) < 4.78 is 4.39. The lowest BCUT2D eigenvalue weighted by Gasteiger charge is -2.23. The molecule has 1 unspecified atom stereocenters. The number of carbonyl (C=O) groups excluding carboxylic acids is 1. The summed E-state index contributed by atoms with van der Waals surface area (Å²) in [5, 5.41) is 0.932. The maximum atomic E-state index is 13.1. The monoisotopic (exact) mass is 371 g/mol. The second-order valence-corrected chi connectivity index (χ2v) is 8.23. The predicted molar refractivity (Wildman–Crippen MR) is 105 cm³/mol. The Morgan fingerprint density at radius 3 is 2.69 bits per heavy atom. The summed E-state index contributed by atoms with van der Waals surface area (Å²) in [6.45, 7) is 3.35. The summed E-state index contributed by atoms with van der Waals surface area (Å²) in [6.07, 6.45) is 2.80. The van der Waals surface area contributed by atoms with E-state index >= 15 is 0 Å². The van der Waals surface area contributed by atoms with Crippen molar-refractivity contribution in [1.82, 2.24) is 14.3 Å². The zero-order chi connectivity index (χ0) is 18.1. The first-order valence-electron chi connectivity index (χ1n) is 9.17. The highest BCUT2D eigenvalue weighted by Gasteiger charge is 2.51. The van der Waals surface area contributed by atoms with Gasteiger partial charge in [-0.05, 0) is 24.8 Å². The van der Waals surface area contributed by atoms with E-state index in [0.29, 0.717) is 5.91 Å². The SMILES string of the molecule is CN(C)c1nsc(N2CCC3(CCN(CCc4ccccc4)C3=O)C2)n1. The smallest absolute Gasteiger partial charge is 0.238 e. The molecule has 26 heavy (non-hydrogen) atoms. The number of hydrogen-bond donors (Lipinski definition) is 0. The zero-order valence-corrected chi connectivity index (χ0v) is 16.2. The molecule has 4 rings (SSSR count). The van der Waals surface area contributed by atoms with Gasteiger partial charge in [-0.2, -0.15) is 9.36 Å². The third-order valence-corrected chi connectivity index (χ3v) is 6.31. The van der Waals surface area contributed by atoms with Crippen molar-refractivity contribution in [3.8, 4) is 0 Å². The highest BCUT2D eigenvalue weighted by atomic mass is 32.1. The normalized spacial score (nSPS) is 22.6. The minimum absolute atomic E-state index is 0.222. The van der Waals surface area contributed by atoms with Crippen LogP contribution in [0.4, 0.5) is 11.1 Å². The number of nitrogens with zero attached hydrogens (tertiary/aromatic N) is 5. The topological polar surface area (TPSA) is 52.6 Å². The molecule has 0 N–H and O–H groups in total. The first kappa shape index (κ1) is 17.3. The van der Waals surface area contributed by atoms with Gasteiger partial charge in [-0.1, -0.05) is 30.3 Å². The van der Waals surface area contributed by atoms with Crippen LogP contribution in [0.15, 0.2) is 30.3 Å². The third-order valence-electron chi connectivity index (χ3n) is 5.54. The van der Waals surface area contributed by atoms with E-state index in [2.05, 4.69) is 43.4 Å². The Labute approximate surface area is 158 Å². The molecule has 2 saturated heterocycles. The quantitative estimate of drug-likeness (QED) is 0.807. The Balaban J connectivity index is 1.39. The molecular formula is C19H25N5OS. The summed E-state index contributed by atoms with van der Waals surface area (Å²) in [5.74, 6) is 1.07. The van der Waals surface area contributed by atoms with Crippen LogP contribution in [0.5, 0.6) is 0 Å². The molecule has 7 heteroatoms. The van der Waals surface area contributed by atoms with Crippen molar-refractivity contribution in [2.75, 3.05) is 50.1 Å². The molecule has 3 heterocycles. The summed E-state index contributed by atoms with van der Waals surface area (Å²) >= 11 is 1.43. The Bertz CT molecular complexity index is 777. The van der Waals surface area contributed by atoms with Gasteiger partial charge in [0, 0.05) is 51.8 Å². The molecule has 1 atom stereocenters. The third kappa shape index (κ3) is 3.16. The summed E-state index contributed by atoms with van der Waals surface area (Å²) in [6, 6.07) is 10.4. The van der Waals surface area contributed by atoms with Gasteiger partial charge < -0.3 is 14.7 Å². The minimum Gasteiger partial charge on any atom is -0.346 e. The van der Waals surface area contributed by atoms with Crippen LogP contribution >= 0.6 is 11.5 Å². The molecular weight excluding hydrogens is 346 g/mol. The Kier molecular flexibility index (Phi) is 4.56. The molecule has 2 aliphatic heterocycles. The predicted octanol–water partition coefficient (Wildman–Crippen LogP) is 2.28. The number of rotatable bonds is 5. The fourth-order valence-corrected chi connectivity index (χ4v) is 4.71. The van der Waals surface area contributed by atoms with E-state index in [4.69, 9.17) is 0 Å². The van der Waals surface area contributed by atoms with Crippen molar-refractivity contribution >= 4 is 28.5 Å². The van der Waals surface area contributed by atoms with Crippen LogP contribution in [0.1, 0.15) is 18.4 Å². The fourth-order valence-electron chi connectivity index (χ4n) is 3.95. The number of amides is 1. The lowest BCUT2D eigenvalue weighted by atomic mass is 9.85. The zero-order valence-electron chi connectivity index (χ0n) is 15.4. The van der Waals surface area contributed by atoms with Crippen molar-refractivity contribution in [3.05, 3.63) is 35.9 Å². The van der Waals surface area contributed by atoms with E-state index in [9.17, 15) is 4.79 Å². The Hall–Kier alpha value is -2.15. The van der Waals surface area contributed by atoms with Crippen LogP contribution in [0.3, 0.4) is 0 Å². The molecule has 0 radical (unpaired) electrons. The maximum Gasteiger partial charge on any atom is 0.238 e. The molecule has 1 aromatic heterocycles. The molecule has 138 valence electrons. The molecule has 1 aromatic carbocycles. The van der Waals surface area contributed by atoms with E-state index in [1.54, 1.807) is 0 Å². The van der Waals surface area contributed by atoms with Crippen LogP contribution in [0.25, 0.3) is 0 Å². The largest absolute Gasteiger partial charge is 0.346 e. The van der Waals surface area contributed by atoms with E-state index in [-0.39, 0.29) is 5.41 Å². The van der Waals surface area contributed by atoms with Crippen molar-refractivity contribution < 1.29 is 4.79 Å². The maximum absolute atomic E-state index is 13.1. The van der Waals surface area contributed by atoms with E-state index in [1.165, 1.54) is 17.1 Å². The van der Waals surface area contributed by atoms with Crippen LogP contribution in [0, 0.1) is 5.41 Å². The number of benzene rings is 1. The van der Waals surface area contributed by atoms with Gasteiger partial charge in [0.1, 0.15) is 0 Å². The average molecular weight is 372 g/mol. The first-order chi connectivity index (χ1) is 12.6. The van der Waals surface area contributed by atoms with Crippen molar-refractivity contribution in [3.63, 3.8) is 0 Å².